The summed E-state index contributed by atoms with van der Waals surface area (Å²) in [6.45, 7) is 4.93. The second-order valence-electron chi connectivity index (χ2n) is 8.58. The van der Waals surface area contributed by atoms with Gasteiger partial charge in [-0.2, -0.15) is 0 Å². The molecule has 0 bridgehead atoms. The second kappa shape index (κ2) is 8.67. The smallest absolute Gasteiger partial charge is 0.162 e. The molecule has 0 radical (unpaired) electrons. The van der Waals surface area contributed by atoms with Crippen molar-refractivity contribution in [1.82, 2.24) is 9.88 Å². The van der Waals surface area contributed by atoms with E-state index in [-0.39, 0.29) is 12.5 Å². The van der Waals surface area contributed by atoms with Crippen LogP contribution >= 0.6 is 0 Å². The van der Waals surface area contributed by atoms with Crippen LogP contribution in [-0.2, 0) is 12.1 Å². The minimum absolute atomic E-state index is 0.210. The van der Waals surface area contributed by atoms with Gasteiger partial charge in [0.1, 0.15) is 12.2 Å². The summed E-state index contributed by atoms with van der Waals surface area (Å²) < 4.78 is 11.0. The summed E-state index contributed by atoms with van der Waals surface area (Å²) in [5, 5.41) is 11.6. The molecule has 1 saturated carbocycles. The molecule has 1 N–H and O–H groups in total. The van der Waals surface area contributed by atoms with Crippen LogP contribution in [0.4, 0.5) is 0 Å². The Hall–Kier alpha value is -2.55. The van der Waals surface area contributed by atoms with E-state index >= 15 is 0 Å². The molecule has 1 saturated heterocycles. The number of nitrogens with zero attached hydrogens (tertiary/aromatic N) is 2. The molecule has 1 aromatic heterocycles. The molecule has 1 aliphatic heterocycles. The van der Waals surface area contributed by atoms with Crippen molar-refractivity contribution in [3.8, 4) is 23.8 Å². The zero-order valence-corrected chi connectivity index (χ0v) is 17.8. The molecule has 2 aromatic rings. The van der Waals surface area contributed by atoms with Gasteiger partial charge in [-0.3, -0.25) is 9.88 Å². The topological polar surface area (TPSA) is 54.8 Å². The Morgan fingerprint density at radius 2 is 2.13 bits per heavy atom. The minimum Gasteiger partial charge on any atom is -0.493 e. The number of terminal acetylenes is 1. The number of methoxy groups -OCH3 is 1. The molecule has 5 heteroatoms. The van der Waals surface area contributed by atoms with Crippen LogP contribution in [0, 0.1) is 31.1 Å². The van der Waals surface area contributed by atoms with Crippen LogP contribution in [0.2, 0.25) is 0 Å². The van der Waals surface area contributed by atoms with Crippen molar-refractivity contribution in [2.75, 3.05) is 26.8 Å². The first-order chi connectivity index (χ1) is 14.5. The predicted octanol–water partition coefficient (Wildman–Crippen LogP) is 3.53. The maximum absolute atomic E-state index is 11.6. The van der Waals surface area contributed by atoms with Crippen molar-refractivity contribution >= 4 is 0 Å². The van der Waals surface area contributed by atoms with Gasteiger partial charge in [-0.25, -0.2) is 0 Å². The molecule has 1 aromatic carbocycles. The van der Waals surface area contributed by atoms with E-state index in [4.69, 9.17) is 15.9 Å². The molecule has 0 spiro atoms. The summed E-state index contributed by atoms with van der Waals surface area (Å²) in [7, 11) is 1.64. The fraction of sp³-hybridized carbons (Fsp3) is 0.480. The Morgan fingerprint density at radius 1 is 1.27 bits per heavy atom. The average Bonchev–Trinajstić information content (AvgIpc) is 3.17. The van der Waals surface area contributed by atoms with E-state index in [2.05, 4.69) is 21.9 Å². The van der Waals surface area contributed by atoms with Crippen molar-refractivity contribution in [3.05, 3.63) is 53.3 Å². The maximum atomic E-state index is 11.6. The van der Waals surface area contributed by atoms with Crippen LogP contribution in [0.15, 0.2) is 36.5 Å². The molecule has 0 amide bonds. The highest BCUT2D eigenvalue weighted by Crippen LogP contribution is 2.48. The molecule has 30 heavy (non-hydrogen) atoms. The lowest BCUT2D eigenvalue weighted by atomic mass is 9.69. The van der Waals surface area contributed by atoms with Crippen LogP contribution in [0.3, 0.4) is 0 Å². The number of fused-ring (bicyclic) bond motifs is 1. The van der Waals surface area contributed by atoms with Crippen LogP contribution < -0.4 is 9.47 Å². The van der Waals surface area contributed by atoms with Crippen molar-refractivity contribution in [1.29, 1.82) is 0 Å². The van der Waals surface area contributed by atoms with Gasteiger partial charge in [0.25, 0.3) is 0 Å². The Kier molecular flexibility index (Phi) is 5.99. The minimum atomic E-state index is -0.837. The van der Waals surface area contributed by atoms with E-state index in [0.29, 0.717) is 17.4 Å². The third-order valence-electron chi connectivity index (χ3n) is 6.56. The number of ether oxygens (including phenoxy) is 2. The SMILES string of the molecule is C#CCOc1ccc(CN2C[C@@H]3CCC[C@](O)(c4ccc(C)cn4)[C@@H]3C2)cc1OC. The number of benzene rings is 1. The Labute approximate surface area is 179 Å². The van der Waals surface area contributed by atoms with E-state index < -0.39 is 5.60 Å². The summed E-state index contributed by atoms with van der Waals surface area (Å²) >= 11 is 0. The largest absolute Gasteiger partial charge is 0.493 e. The predicted molar refractivity (Wildman–Crippen MR) is 116 cm³/mol. The van der Waals surface area contributed by atoms with E-state index in [0.717, 1.165) is 55.7 Å². The number of rotatable bonds is 6. The summed E-state index contributed by atoms with van der Waals surface area (Å²) in [4.78, 5) is 7.03. The Balaban J connectivity index is 1.49. The molecule has 2 fully saturated rings. The molecule has 3 atom stereocenters. The first kappa shape index (κ1) is 20.7. The average molecular weight is 407 g/mol. The molecule has 0 unspecified atom stereocenters. The van der Waals surface area contributed by atoms with Gasteiger partial charge < -0.3 is 14.6 Å². The molecule has 158 valence electrons. The lowest BCUT2D eigenvalue weighted by Gasteiger charge is -2.40. The fourth-order valence-electron chi connectivity index (χ4n) is 5.09. The highest BCUT2D eigenvalue weighted by atomic mass is 16.5. The zero-order chi connectivity index (χ0) is 21.1. The van der Waals surface area contributed by atoms with Gasteiger partial charge in [-0.15, -0.1) is 6.42 Å². The number of hydrogen-bond donors (Lipinski definition) is 1. The molecule has 5 nitrogen and oxygen atoms in total. The molecule has 2 heterocycles. The van der Waals surface area contributed by atoms with Crippen LogP contribution in [0.25, 0.3) is 0 Å². The highest BCUT2D eigenvalue weighted by molar-refractivity contribution is 5.43. The van der Waals surface area contributed by atoms with Gasteiger partial charge in [-0.05, 0) is 61.4 Å². The number of hydrogen-bond acceptors (Lipinski definition) is 5. The lowest BCUT2D eigenvalue weighted by Crippen LogP contribution is -2.43. The fourth-order valence-corrected chi connectivity index (χ4v) is 5.09. The van der Waals surface area contributed by atoms with Crippen molar-refractivity contribution in [2.24, 2.45) is 11.8 Å². The third-order valence-corrected chi connectivity index (χ3v) is 6.56. The quantitative estimate of drug-likeness (QED) is 0.744. The van der Waals surface area contributed by atoms with Gasteiger partial charge in [-0.1, -0.05) is 18.1 Å². The standard InChI is InChI=1S/C25H30N2O3/c1-4-12-30-22-9-8-19(13-23(22)29-3)15-27-16-20-6-5-11-25(28,21(20)17-27)24-10-7-18(2)14-26-24/h1,7-10,13-14,20-21,28H,5-6,11-12,15-17H2,2-3H3/t20-,21+,25+/m0/s1. The van der Waals surface area contributed by atoms with Crippen molar-refractivity contribution in [3.63, 3.8) is 0 Å². The van der Waals surface area contributed by atoms with Crippen LogP contribution in [0.1, 0.15) is 36.1 Å². The van der Waals surface area contributed by atoms with Gasteiger partial charge in [0.15, 0.2) is 11.5 Å². The summed E-state index contributed by atoms with van der Waals surface area (Å²) in [5.41, 5.74) is 2.26. The highest BCUT2D eigenvalue weighted by Gasteiger charge is 2.50. The molecule has 2 aliphatic rings. The summed E-state index contributed by atoms with van der Waals surface area (Å²) in [5.74, 6) is 4.54. The third kappa shape index (κ3) is 4.03. The molecule has 4 rings (SSSR count). The number of pyridine rings is 1. The van der Waals surface area contributed by atoms with E-state index in [1.165, 1.54) is 0 Å². The van der Waals surface area contributed by atoms with E-state index in [1.54, 1.807) is 7.11 Å². The molecule has 1 aliphatic carbocycles. The number of likely N-dealkylation sites (tertiary alicyclic amines) is 1. The van der Waals surface area contributed by atoms with Crippen molar-refractivity contribution < 1.29 is 14.6 Å². The first-order valence-corrected chi connectivity index (χ1v) is 10.6. The van der Waals surface area contributed by atoms with Gasteiger partial charge >= 0.3 is 0 Å². The summed E-state index contributed by atoms with van der Waals surface area (Å²) in [6.07, 6.45) is 10.1. The number of aryl methyl sites for hydroxylation is 1. The number of aliphatic hydroxyl groups is 1. The Morgan fingerprint density at radius 3 is 2.87 bits per heavy atom. The normalized spacial score (nSPS) is 26.1. The lowest BCUT2D eigenvalue weighted by molar-refractivity contribution is -0.0682. The van der Waals surface area contributed by atoms with Gasteiger partial charge in [0.2, 0.25) is 0 Å². The van der Waals surface area contributed by atoms with Gasteiger partial charge in [0.05, 0.1) is 12.8 Å². The maximum Gasteiger partial charge on any atom is 0.162 e. The zero-order valence-electron chi connectivity index (χ0n) is 17.8. The van der Waals surface area contributed by atoms with Crippen LogP contribution in [0.5, 0.6) is 11.5 Å². The van der Waals surface area contributed by atoms with Gasteiger partial charge in [0, 0.05) is 31.7 Å². The number of aromatic nitrogens is 1. The second-order valence-corrected chi connectivity index (χ2v) is 8.58. The summed E-state index contributed by atoms with van der Waals surface area (Å²) in [6, 6.07) is 10.0. The molecular formula is C25H30N2O3. The van der Waals surface area contributed by atoms with E-state index in [9.17, 15) is 5.11 Å². The molecular weight excluding hydrogens is 376 g/mol. The van der Waals surface area contributed by atoms with Crippen molar-refractivity contribution in [2.45, 2.75) is 38.3 Å². The Bertz CT molecular complexity index is 921. The monoisotopic (exact) mass is 406 g/mol. The van der Waals surface area contributed by atoms with E-state index in [1.807, 2.05) is 37.4 Å². The van der Waals surface area contributed by atoms with Crippen LogP contribution in [-0.4, -0.2) is 41.8 Å². The first-order valence-electron chi connectivity index (χ1n) is 10.6.